The molecule has 0 atom stereocenters. The van der Waals surface area contributed by atoms with Crippen LogP contribution < -0.4 is 10.6 Å². The third kappa shape index (κ3) is 4.20. The number of nitrogens with one attached hydrogen (secondary N) is 2. The summed E-state index contributed by atoms with van der Waals surface area (Å²) in [5, 5.41) is 6.01. The predicted molar refractivity (Wildman–Crippen MR) is 100 cm³/mol. The summed E-state index contributed by atoms with van der Waals surface area (Å²) in [6.07, 6.45) is 0. The molecule has 126 valence electrons. The van der Waals surface area contributed by atoms with Crippen molar-refractivity contribution in [1.29, 1.82) is 0 Å². The number of aryl methyl sites for hydroxylation is 3. The van der Waals surface area contributed by atoms with Crippen LogP contribution in [-0.2, 0) is 0 Å². The fourth-order valence-electron chi connectivity index (χ4n) is 2.41. The van der Waals surface area contributed by atoms with Gasteiger partial charge in [-0.25, -0.2) is 9.97 Å². The summed E-state index contributed by atoms with van der Waals surface area (Å²) in [7, 11) is 0. The van der Waals surface area contributed by atoms with Gasteiger partial charge in [0.05, 0.1) is 0 Å². The molecular weight excluding hydrogens is 312 g/mol. The Labute approximate surface area is 147 Å². The Balaban J connectivity index is 1.82. The normalized spacial score (nSPS) is 10.4. The van der Waals surface area contributed by atoms with Crippen molar-refractivity contribution in [1.82, 2.24) is 9.97 Å². The second-order valence-corrected chi connectivity index (χ2v) is 5.96. The quantitative estimate of drug-likeness (QED) is 0.743. The minimum absolute atomic E-state index is 0.264. The summed E-state index contributed by atoms with van der Waals surface area (Å²) in [5.41, 5.74) is 5.07. The van der Waals surface area contributed by atoms with Crippen molar-refractivity contribution in [2.45, 2.75) is 20.8 Å². The molecule has 0 saturated heterocycles. The molecule has 0 spiro atoms. The molecule has 0 unspecified atom stereocenters. The van der Waals surface area contributed by atoms with Crippen LogP contribution in [0.25, 0.3) is 0 Å². The van der Waals surface area contributed by atoms with E-state index < -0.39 is 0 Å². The Hall–Kier alpha value is -3.21. The number of hydrogen-bond acceptors (Lipinski definition) is 4. The number of aromatic nitrogens is 2. The van der Waals surface area contributed by atoms with Gasteiger partial charge in [-0.1, -0.05) is 24.3 Å². The highest BCUT2D eigenvalue weighted by atomic mass is 16.1. The summed E-state index contributed by atoms with van der Waals surface area (Å²) < 4.78 is 0. The Kier molecular flexibility index (Phi) is 4.75. The molecule has 0 radical (unpaired) electrons. The van der Waals surface area contributed by atoms with Crippen LogP contribution >= 0.6 is 0 Å². The van der Waals surface area contributed by atoms with Crippen LogP contribution in [-0.4, -0.2) is 15.9 Å². The molecule has 5 heteroatoms. The van der Waals surface area contributed by atoms with Crippen molar-refractivity contribution >= 4 is 23.2 Å². The molecule has 5 nitrogen and oxygen atoms in total. The van der Waals surface area contributed by atoms with Crippen molar-refractivity contribution in [3.05, 3.63) is 77.1 Å². The van der Waals surface area contributed by atoms with Crippen molar-refractivity contribution in [3.63, 3.8) is 0 Å². The minimum Gasteiger partial charge on any atom is -0.324 e. The van der Waals surface area contributed by atoms with Crippen LogP contribution in [0.3, 0.4) is 0 Å². The largest absolute Gasteiger partial charge is 0.324 e. The zero-order valence-electron chi connectivity index (χ0n) is 14.5. The van der Waals surface area contributed by atoms with Gasteiger partial charge in [0.25, 0.3) is 5.91 Å². The van der Waals surface area contributed by atoms with Gasteiger partial charge in [-0.05, 0) is 62.2 Å². The van der Waals surface area contributed by atoms with E-state index in [0.29, 0.717) is 11.6 Å². The van der Waals surface area contributed by atoms with Crippen LogP contribution in [0.5, 0.6) is 0 Å². The number of nitrogens with zero attached hydrogens (tertiary/aromatic N) is 2. The Morgan fingerprint density at radius 2 is 1.60 bits per heavy atom. The molecule has 25 heavy (non-hydrogen) atoms. The summed E-state index contributed by atoms with van der Waals surface area (Å²) in [6, 6.07) is 17.0. The highest BCUT2D eigenvalue weighted by Gasteiger charge is 2.11. The molecule has 1 heterocycles. The molecule has 1 amide bonds. The second-order valence-electron chi connectivity index (χ2n) is 5.96. The third-order valence-corrected chi connectivity index (χ3v) is 3.88. The Bertz CT molecular complexity index is 907. The molecule has 3 rings (SSSR count). The molecule has 3 aromatic rings. The molecular formula is C20H20N4O. The van der Waals surface area contributed by atoms with Gasteiger partial charge in [-0.2, -0.15) is 0 Å². The number of benzene rings is 2. The van der Waals surface area contributed by atoms with Crippen LogP contribution in [0.15, 0.2) is 54.6 Å². The zero-order valence-corrected chi connectivity index (χ0v) is 14.5. The lowest BCUT2D eigenvalue weighted by molar-refractivity contribution is 0.102. The van der Waals surface area contributed by atoms with Crippen LogP contribution in [0.1, 0.15) is 27.3 Å². The number of rotatable bonds is 4. The second kappa shape index (κ2) is 7.13. The maximum absolute atomic E-state index is 12.4. The summed E-state index contributed by atoms with van der Waals surface area (Å²) >= 11 is 0. The summed E-state index contributed by atoms with van der Waals surface area (Å²) in [4.78, 5) is 21.2. The van der Waals surface area contributed by atoms with E-state index in [4.69, 9.17) is 0 Å². The zero-order chi connectivity index (χ0) is 17.8. The van der Waals surface area contributed by atoms with Gasteiger partial charge in [0.2, 0.25) is 5.95 Å². The smallest absolute Gasteiger partial charge is 0.274 e. The SMILES string of the molecule is Cc1cc(C(=O)Nc2ccccc2)nc(Nc2ccc(C)c(C)c2)n1. The first-order valence-corrected chi connectivity index (χ1v) is 8.07. The molecule has 0 bridgehead atoms. The number of hydrogen-bond donors (Lipinski definition) is 2. The molecule has 0 saturated carbocycles. The van der Waals surface area contributed by atoms with Gasteiger partial charge in [0.1, 0.15) is 5.69 Å². The molecule has 1 aromatic heterocycles. The maximum Gasteiger partial charge on any atom is 0.274 e. The molecule has 2 aromatic carbocycles. The minimum atomic E-state index is -0.264. The van der Waals surface area contributed by atoms with Crippen molar-refractivity contribution in [2.75, 3.05) is 10.6 Å². The van der Waals surface area contributed by atoms with Gasteiger partial charge in [-0.3, -0.25) is 4.79 Å². The third-order valence-electron chi connectivity index (χ3n) is 3.88. The standard InChI is InChI=1S/C20H20N4O/c1-13-9-10-17(11-14(13)2)23-20-21-15(3)12-18(24-20)19(25)22-16-7-5-4-6-8-16/h4-12H,1-3H3,(H,22,25)(H,21,23,24). The number of carbonyl (C=O) groups excluding carboxylic acids is 1. The predicted octanol–water partition coefficient (Wildman–Crippen LogP) is 4.40. The first-order valence-electron chi connectivity index (χ1n) is 8.07. The average Bonchev–Trinajstić information content (AvgIpc) is 2.58. The van der Waals surface area contributed by atoms with Gasteiger partial charge in [0.15, 0.2) is 0 Å². The van der Waals surface area contributed by atoms with Crippen molar-refractivity contribution in [3.8, 4) is 0 Å². The Morgan fingerprint density at radius 1 is 0.840 bits per heavy atom. The highest BCUT2D eigenvalue weighted by molar-refractivity contribution is 6.03. The van der Waals surface area contributed by atoms with Gasteiger partial charge in [-0.15, -0.1) is 0 Å². The van der Waals surface area contributed by atoms with Crippen molar-refractivity contribution < 1.29 is 4.79 Å². The lowest BCUT2D eigenvalue weighted by atomic mass is 10.1. The molecule has 0 fully saturated rings. The number of amides is 1. The van der Waals surface area contributed by atoms with E-state index in [1.54, 1.807) is 6.07 Å². The van der Waals surface area contributed by atoms with E-state index >= 15 is 0 Å². The lowest BCUT2D eigenvalue weighted by Gasteiger charge is -2.10. The number of anilines is 3. The molecule has 0 aliphatic heterocycles. The van der Waals surface area contributed by atoms with Crippen LogP contribution in [0.2, 0.25) is 0 Å². The van der Waals surface area contributed by atoms with Crippen molar-refractivity contribution in [2.24, 2.45) is 0 Å². The Morgan fingerprint density at radius 3 is 2.32 bits per heavy atom. The average molecular weight is 332 g/mol. The van der Waals surface area contributed by atoms with E-state index in [0.717, 1.165) is 17.1 Å². The van der Waals surface area contributed by atoms with E-state index in [9.17, 15) is 4.79 Å². The fraction of sp³-hybridized carbons (Fsp3) is 0.150. The monoisotopic (exact) mass is 332 g/mol. The molecule has 2 N–H and O–H groups in total. The van der Waals surface area contributed by atoms with E-state index in [1.165, 1.54) is 11.1 Å². The topological polar surface area (TPSA) is 66.9 Å². The van der Waals surface area contributed by atoms with E-state index in [1.807, 2.05) is 55.5 Å². The van der Waals surface area contributed by atoms with Gasteiger partial charge in [0, 0.05) is 17.1 Å². The number of carbonyl (C=O) groups is 1. The number of para-hydroxylation sites is 1. The fourth-order valence-corrected chi connectivity index (χ4v) is 2.41. The van der Waals surface area contributed by atoms with Gasteiger partial charge < -0.3 is 10.6 Å². The first-order chi connectivity index (χ1) is 12.0. The summed E-state index contributed by atoms with van der Waals surface area (Å²) in [5.74, 6) is 0.140. The molecule has 0 aliphatic carbocycles. The first kappa shape index (κ1) is 16.6. The maximum atomic E-state index is 12.4. The lowest BCUT2D eigenvalue weighted by Crippen LogP contribution is -2.15. The summed E-state index contributed by atoms with van der Waals surface area (Å²) in [6.45, 7) is 5.96. The van der Waals surface area contributed by atoms with Crippen LogP contribution in [0, 0.1) is 20.8 Å². The van der Waals surface area contributed by atoms with E-state index in [2.05, 4.69) is 34.4 Å². The molecule has 0 aliphatic rings. The van der Waals surface area contributed by atoms with Gasteiger partial charge >= 0.3 is 0 Å². The highest BCUT2D eigenvalue weighted by Crippen LogP contribution is 2.18. The van der Waals surface area contributed by atoms with E-state index in [-0.39, 0.29) is 5.91 Å². The van der Waals surface area contributed by atoms with Crippen LogP contribution in [0.4, 0.5) is 17.3 Å².